The van der Waals surface area contributed by atoms with Crippen LogP contribution in [0.15, 0.2) is 46.2 Å². The van der Waals surface area contributed by atoms with E-state index in [1.54, 1.807) is 50.9 Å². The number of hydrogen-bond acceptors (Lipinski definition) is 5. The molecule has 7 heteroatoms. The molecule has 0 atom stereocenters. The maximum atomic E-state index is 11.8. The van der Waals surface area contributed by atoms with E-state index in [0.717, 1.165) is 10.0 Å². The first-order valence-corrected chi connectivity index (χ1v) is 7.10. The van der Waals surface area contributed by atoms with Gasteiger partial charge in [-0.25, -0.2) is 5.43 Å². The number of aromatic nitrogens is 1. The zero-order chi connectivity index (χ0) is 15.9. The van der Waals surface area contributed by atoms with Gasteiger partial charge in [0.2, 0.25) is 0 Å². The molecule has 0 aliphatic carbocycles. The van der Waals surface area contributed by atoms with Gasteiger partial charge >= 0.3 is 0 Å². The summed E-state index contributed by atoms with van der Waals surface area (Å²) in [6, 6.07) is 6.74. The van der Waals surface area contributed by atoms with Gasteiger partial charge in [0.1, 0.15) is 0 Å². The van der Waals surface area contributed by atoms with E-state index in [-0.39, 0.29) is 5.91 Å². The Balaban J connectivity index is 2.12. The van der Waals surface area contributed by atoms with Gasteiger partial charge in [-0.15, -0.1) is 0 Å². The molecule has 2 aromatic rings. The number of amides is 1. The lowest BCUT2D eigenvalue weighted by Gasteiger charge is -2.09. The fraction of sp³-hybridized carbons (Fsp3) is 0.133. The largest absolute Gasteiger partial charge is 0.493 e. The predicted molar refractivity (Wildman–Crippen MR) is 86.5 cm³/mol. The Kier molecular flexibility index (Phi) is 5.48. The molecule has 1 amide bonds. The van der Waals surface area contributed by atoms with Crippen LogP contribution in [0.3, 0.4) is 0 Å². The SMILES string of the molecule is COc1cc(Br)c(/C=N\NC(=O)c2ccncc2)cc1OC. The van der Waals surface area contributed by atoms with Crippen LogP contribution >= 0.6 is 15.9 Å². The van der Waals surface area contributed by atoms with Crippen molar-refractivity contribution >= 4 is 28.1 Å². The van der Waals surface area contributed by atoms with E-state index in [4.69, 9.17) is 9.47 Å². The highest BCUT2D eigenvalue weighted by Gasteiger charge is 2.08. The standard InChI is InChI=1S/C15H14BrN3O3/c1-21-13-7-11(12(16)8-14(13)22-2)9-18-19-15(20)10-3-5-17-6-4-10/h3-9H,1-2H3,(H,19,20)/b18-9-. The summed E-state index contributed by atoms with van der Waals surface area (Å²) in [6.45, 7) is 0. The fourth-order valence-corrected chi connectivity index (χ4v) is 2.12. The first-order valence-electron chi connectivity index (χ1n) is 6.30. The Hall–Kier alpha value is -2.41. The summed E-state index contributed by atoms with van der Waals surface area (Å²) < 4.78 is 11.2. The molecule has 22 heavy (non-hydrogen) atoms. The molecule has 0 spiro atoms. The number of methoxy groups -OCH3 is 2. The fourth-order valence-electron chi connectivity index (χ4n) is 1.70. The Morgan fingerprint density at radius 1 is 1.23 bits per heavy atom. The minimum Gasteiger partial charge on any atom is -0.493 e. The summed E-state index contributed by atoms with van der Waals surface area (Å²) in [5.41, 5.74) is 3.68. The van der Waals surface area contributed by atoms with Crippen molar-refractivity contribution < 1.29 is 14.3 Å². The molecule has 0 radical (unpaired) electrons. The molecule has 0 saturated heterocycles. The number of carbonyl (C=O) groups excluding carboxylic acids is 1. The van der Waals surface area contributed by atoms with Crippen molar-refractivity contribution in [3.63, 3.8) is 0 Å². The van der Waals surface area contributed by atoms with Gasteiger partial charge in [-0.05, 0) is 40.2 Å². The number of benzene rings is 1. The minimum atomic E-state index is -0.310. The molecule has 0 fully saturated rings. The molecule has 1 aromatic carbocycles. The average molecular weight is 364 g/mol. The van der Waals surface area contributed by atoms with Gasteiger partial charge in [-0.3, -0.25) is 9.78 Å². The van der Waals surface area contributed by atoms with Crippen molar-refractivity contribution in [2.45, 2.75) is 0 Å². The number of hydrazone groups is 1. The van der Waals surface area contributed by atoms with Gasteiger partial charge in [0.15, 0.2) is 11.5 Å². The minimum absolute atomic E-state index is 0.310. The second-order valence-corrected chi connectivity index (χ2v) is 5.02. The van der Waals surface area contributed by atoms with E-state index >= 15 is 0 Å². The summed E-state index contributed by atoms with van der Waals surface area (Å²) in [5, 5.41) is 3.94. The molecule has 0 unspecified atom stereocenters. The third-order valence-corrected chi connectivity index (χ3v) is 3.50. The summed E-state index contributed by atoms with van der Waals surface area (Å²) >= 11 is 3.42. The molecule has 0 bridgehead atoms. The number of pyridine rings is 1. The van der Waals surface area contributed by atoms with Crippen LogP contribution in [0, 0.1) is 0 Å². The lowest BCUT2D eigenvalue weighted by Crippen LogP contribution is -2.17. The lowest BCUT2D eigenvalue weighted by atomic mass is 10.2. The number of ether oxygens (including phenoxy) is 2. The Labute approximate surface area is 136 Å². The second kappa shape index (κ2) is 7.56. The molecular weight excluding hydrogens is 350 g/mol. The van der Waals surface area contributed by atoms with E-state index in [0.29, 0.717) is 17.1 Å². The van der Waals surface area contributed by atoms with E-state index < -0.39 is 0 Å². The van der Waals surface area contributed by atoms with Crippen molar-refractivity contribution in [3.05, 3.63) is 52.3 Å². The second-order valence-electron chi connectivity index (χ2n) is 4.16. The Morgan fingerprint density at radius 3 is 2.50 bits per heavy atom. The quantitative estimate of drug-likeness (QED) is 0.654. The highest BCUT2D eigenvalue weighted by molar-refractivity contribution is 9.10. The van der Waals surface area contributed by atoms with E-state index in [1.807, 2.05) is 0 Å². The molecular formula is C15H14BrN3O3. The van der Waals surface area contributed by atoms with E-state index in [9.17, 15) is 4.79 Å². The topological polar surface area (TPSA) is 72.8 Å². The van der Waals surface area contributed by atoms with Crippen LogP contribution in [-0.4, -0.2) is 31.3 Å². The van der Waals surface area contributed by atoms with E-state index in [1.165, 1.54) is 6.21 Å². The molecule has 1 aromatic heterocycles. The number of rotatable bonds is 5. The van der Waals surface area contributed by atoms with Crippen molar-refractivity contribution in [2.24, 2.45) is 5.10 Å². The van der Waals surface area contributed by atoms with Gasteiger partial charge in [0.25, 0.3) is 5.91 Å². The number of halogens is 1. The van der Waals surface area contributed by atoms with Crippen molar-refractivity contribution in [2.75, 3.05) is 14.2 Å². The van der Waals surface area contributed by atoms with Crippen LogP contribution in [-0.2, 0) is 0 Å². The molecule has 0 saturated carbocycles. The average Bonchev–Trinajstić information content (AvgIpc) is 2.56. The number of carbonyl (C=O) groups is 1. The lowest BCUT2D eigenvalue weighted by molar-refractivity contribution is 0.0955. The Bertz CT molecular complexity index is 690. The highest BCUT2D eigenvalue weighted by atomic mass is 79.9. The van der Waals surface area contributed by atoms with Gasteiger partial charge in [0, 0.05) is 28.0 Å². The number of nitrogens with zero attached hydrogens (tertiary/aromatic N) is 2. The van der Waals surface area contributed by atoms with Crippen LogP contribution in [0.4, 0.5) is 0 Å². The predicted octanol–water partition coefficient (Wildman–Crippen LogP) is 2.63. The van der Waals surface area contributed by atoms with Crippen LogP contribution in [0.1, 0.15) is 15.9 Å². The smallest absolute Gasteiger partial charge is 0.271 e. The van der Waals surface area contributed by atoms with Crippen molar-refractivity contribution in [3.8, 4) is 11.5 Å². The molecule has 1 heterocycles. The van der Waals surface area contributed by atoms with Gasteiger partial charge < -0.3 is 9.47 Å². The molecule has 6 nitrogen and oxygen atoms in total. The van der Waals surface area contributed by atoms with Crippen molar-refractivity contribution in [1.29, 1.82) is 0 Å². The summed E-state index contributed by atoms with van der Waals surface area (Å²) in [4.78, 5) is 15.7. The molecule has 1 N–H and O–H groups in total. The van der Waals surface area contributed by atoms with Crippen LogP contribution in [0.5, 0.6) is 11.5 Å². The summed E-state index contributed by atoms with van der Waals surface area (Å²) in [6.07, 6.45) is 4.61. The molecule has 2 rings (SSSR count). The van der Waals surface area contributed by atoms with Crippen LogP contribution < -0.4 is 14.9 Å². The zero-order valence-corrected chi connectivity index (χ0v) is 13.6. The number of hydrogen-bond donors (Lipinski definition) is 1. The first-order chi connectivity index (χ1) is 10.7. The summed E-state index contributed by atoms with van der Waals surface area (Å²) in [7, 11) is 3.12. The first kappa shape index (κ1) is 16.0. The van der Waals surface area contributed by atoms with Gasteiger partial charge in [0.05, 0.1) is 20.4 Å². The van der Waals surface area contributed by atoms with Crippen LogP contribution in [0.2, 0.25) is 0 Å². The Morgan fingerprint density at radius 2 is 1.86 bits per heavy atom. The van der Waals surface area contributed by atoms with Gasteiger partial charge in [-0.1, -0.05) is 0 Å². The number of nitrogens with one attached hydrogen (secondary N) is 1. The van der Waals surface area contributed by atoms with Crippen molar-refractivity contribution in [1.82, 2.24) is 10.4 Å². The third-order valence-electron chi connectivity index (χ3n) is 2.82. The molecule has 0 aliphatic heterocycles. The summed E-state index contributed by atoms with van der Waals surface area (Å²) in [5.74, 6) is 0.871. The monoisotopic (exact) mass is 363 g/mol. The highest BCUT2D eigenvalue weighted by Crippen LogP contribution is 2.32. The van der Waals surface area contributed by atoms with Crippen LogP contribution in [0.25, 0.3) is 0 Å². The van der Waals surface area contributed by atoms with E-state index in [2.05, 4.69) is 31.4 Å². The maximum Gasteiger partial charge on any atom is 0.271 e. The normalized spacial score (nSPS) is 10.5. The third kappa shape index (κ3) is 3.82. The maximum absolute atomic E-state index is 11.8. The molecule has 0 aliphatic rings. The van der Waals surface area contributed by atoms with Gasteiger partial charge in [-0.2, -0.15) is 5.10 Å². The molecule has 114 valence electrons. The zero-order valence-electron chi connectivity index (χ0n) is 12.0.